The lowest BCUT2D eigenvalue weighted by Crippen LogP contribution is -2.15. The van der Waals surface area contributed by atoms with Gasteiger partial charge >= 0.3 is 0 Å². The second kappa shape index (κ2) is 8.50. The molecule has 0 radical (unpaired) electrons. The number of nitrogens with one attached hydrogen (secondary N) is 1. The maximum atomic E-state index is 12.5. The summed E-state index contributed by atoms with van der Waals surface area (Å²) in [6, 6.07) is 23.6. The first-order valence-corrected chi connectivity index (χ1v) is 10.0. The van der Waals surface area contributed by atoms with Crippen LogP contribution in [-0.2, 0) is 17.8 Å². The topological polar surface area (TPSA) is 46.9 Å². The SMILES string of the molecule is Cc1cccc(NC(=O)CCn2c(Cc3cccc(Cl)c3)nc3ccccc32)c1. The van der Waals surface area contributed by atoms with E-state index in [1.807, 2.05) is 79.7 Å². The van der Waals surface area contributed by atoms with Crippen molar-refractivity contribution in [3.63, 3.8) is 0 Å². The summed E-state index contributed by atoms with van der Waals surface area (Å²) in [6.45, 7) is 2.57. The number of carbonyl (C=O) groups is 1. The van der Waals surface area contributed by atoms with Gasteiger partial charge in [-0.1, -0.05) is 48.0 Å². The summed E-state index contributed by atoms with van der Waals surface area (Å²) in [6.07, 6.45) is 1.03. The number of hydrogen-bond donors (Lipinski definition) is 1. The molecule has 0 aliphatic heterocycles. The van der Waals surface area contributed by atoms with Gasteiger partial charge in [-0.15, -0.1) is 0 Å². The smallest absolute Gasteiger partial charge is 0.226 e. The molecule has 5 heteroatoms. The van der Waals surface area contributed by atoms with Gasteiger partial charge in [-0.05, 0) is 54.4 Å². The largest absolute Gasteiger partial charge is 0.327 e. The highest BCUT2D eigenvalue weighted by Gasteiger charge is 2.13. The van der Waals surface area contributed by atoms with Crippen LogP contribution < -0.4 is 5.32 Å². The Balaban J connectivity index is 1.54. The Labute approximate surface area is 175 Å². The summed E-state index contributed by atoms with van der Waals surface area (Å²) < 4.78 is 2.13. The number of rotatable bonds is 6. The molecule has 1 aromatic heterocycles. The zero-order valence-electron chi connectivity index (χ0n) is 16.2. The number of fused-ring (bicyclic) bond motifs is 1. The highest BCUT2D eigenvalue weighted by Crippen LogP contribution is 2.21. The molecule has 0 saturated carbocycles. The highest BCUT2D eigenvalue weighted by atomic mass is 35.5. The van der Waals surface area contributed by atoms with E-state index in [2.05, 4.69) is 9.88 Å². The Bertz CT molecular complexity index is 1170. The van der Waals surface area contributed by atoms with Crippen molar-refractivity contribution in [3.05, 3.63) is 94.8 Å². The summed E-state index contributed by atoms with van der Waals surface area (Å²) in [5.74, 6) is 0.916. The molecule has 0 atom stereocenters. The predicted octanol–water partition coefficient (Wildman–Crippen LogP) is 5.62. The molecule has 3 aromatic carbocycles. The van der Waals surface area contributed by atoms with E-state index >= 15 is 0 Å². The van der Waals surface area contributed by atoms with E-state index in [9.17, 15) is 4.79 Å². The lowest BCUT2D eigenvalue weighted by atomic mass is 10.1. The number of nitrogens with zero attached hydrogens (tertiary/aromatic N) is 2. The van der Waals surface area contributed by atoms with Crippen molar-refractivity contribution in [2.45, 2.75) is 26.3 Å². The van der Waals surface area contributed by atoms with Crippen LogP contribution in [0.4, 0.5) is 5.69 Å². The van der Waals surface area contributed by atoms with E-state index in [1.54, 1.807) is 0 Å². The molecule has 1 heterocycles. The number of anilines is 1. The molecular weight excluding hydrogens is 382 g/mol. The zero-order chi connectivity index (χ0) is 20.2. The van der Waals surface area contributed by atoms with Crippen molar-refractivity contribution in [1.82, 2.24) is 9.55 Å². The number of amides is 1. The van der Waals surface area contributed by atoms with Crippen molar-refractivity contribution in [2.24, 2.45) is 0 Å². The van der Waals surface area contributed by atoms with Crippen LogP contribution in [-0.4, -0.2) is 15.5 Å². The van der Waals surface area contributed by atoms with E-state index < -0.39 is 0 Å². The maximum absolute atomic E-state index is 12.5. The van der Waals surface area contributed by atoms with Crippen LogP contribution in [0.15, 0.2) is 72.8 Å². The van der Waals surface area contributed by atoms with Crippen LogP contribution in [0, 0.1) is 6.92 Å². The van der Waals surface area contributed by atoms with Crippen LogP contribution in [0.2, 0.25) is 5.02 Å². The second-order valence-corrected chi connectivity index (χ2v) is 7.58. The van der Waals surface area contributed by atoms with E-state index in [0.717, 1.165) is 33.7 Å². The molecule has 29 heavy (non-hydrogen) atoms. The fraction of sp³-hybridized carbons (Fsp3) is 0.167. The van der Waals surface area contributed by atoms with Gasteiger partial charge in [0.2, 0.25) is 5.91 Å². The van der Waals surface area contributed by atoms with E-state index in [-0.39, 0.29) is 5.91 Å². The van der Waals surface area contributed by atoms with Crippen molar-refractivity contribution >= 4 is 34.2 Å². The number of halogens is 1. The fourth-order valence-electron chi connectivity index (χ4n) is 3.50. The summed E-state index contributed by atoms with van der Waals surface area (Å²) >= 11 is 6.14. The minimum absolute atomic E-state index is 0.0120. The molecule has 1 amide bonds. The number of carbonyl (C=O) groups excluding carboxylic acids is 1. The van der Waals surface area contributed by atoms with Gasteiger partial charge in [0.15, 0.2) is 0 Å². The summed E-state index contributed by atoms with van der Waals surface area (Å²) in [4.78, 5) is 17.3. The molecule has 0 spiro atoms. The van der Waals surface area contributed by atoms with Gasteiger partial charge in [0, 0.05) is 30.1 Å². The zero-order valence-corrected chi connectivity index (χ0v) is 17.0. The molecule has 0 aliphatic rings. The first-order chi connectivity index (χ1) is 14.1. The van der Waals surface area contributed by atoms with Crippen molar-refractivity contribution in [1.29, 1.82) is 0 Å². The molecule has 4 aromatic rings. The molecule has 0 saturated heterocycles. The number of aromatic nitrogens is 2. The average molecular weight is 404 g/mol. The second-order valence-electron chi connectivity index (χ2n) is 7.14. The summed E-state index contributed by atoms with van der Waals surface area (Å²) in [7, 11) is 0. The Hall–Kier alpha value is -3.11. The van der Waals surface area contributed by atoms with E-state index in [0.29, 0.717) is 24.4 Å². The van der Waals surface area contributed by atoms with E-state index in [1.165, 1.54) is 0 Å². The normalized spacial score (nSPS) is 11.0. The fourth-order valence-corrected chi connectivity index (χ4v) is 3.71. The van der Waals surface area contributed by atoms with Gasteiger partial charge in [-0.25, -0.2) is 4.98 Å². The van der Waals surface area contributed by atoms with Crippen LogP contribution >= 0.6 is 11.6 Å². The molecule has 0 fully saturated rings. The average Bonchev–Trinajstić information content (AvgIpc) is 3.03. The van der Waals surface area contributed by atoms with Gasteiger partial charge in [0.05, 0.1) is 11.0 Å². The lowest BCUT2D eigenvalue weighted by molar-refractivity contribution is -0.116. The third-order valence-electron chi connectivity index (χ3n) is 4.85. The Kier molecular flexibility index (Phi) is 5.63. The monoisotopic (exact) mass is 403 g/mol. The van der Waals surface area contributed by atoms with Gasteiger partial charge < -0.3 is 9.88 Å². The molecule has 0 unspecified atom stereocenters. The van der Waals surface area contributed by atoms with Crippen molar-refractivity contribution in [3.8, 4) is 0 Å². The number of hydrogen-bond acceptors (Lipinski definition) is 2. The van der Waals surface area contributed by atoms with Crippen LogP contribution in [0.3, 0.4) is 0 Å². The Morgan fingerprint density at radius 3 is 2.69 bits per heavy atom. The van der Waals surface area contributed by atoms with Gasteiger partial charge in [0.25, 0.3) is 0 Å². The standard InChI is InChI=1S/C24H22ClN3O/c1-17-6-4-9-20(14-17)26-24(29)12-13-28-22-11-3-2-10-21(22)27-23(28)16-18-7-5-8-19(25)15-18/h2-11,14-15H,12-13,16H2,1H3,(H,26,29). The molecule has 0 aliphatic carbocycles. The number of para-hydroxylation sites is 2. The van der Waals surface area contributed by atoms with Crippen molar-refractivity contribution < 1.29 is 4.79 Å². The first kappa shape index (κ1) is 19.2. The van der Waals surface area contributed by atoms with Gasteiger partial charge in [0.1, 0.15) is 5.82 Å². The molecule has 146 valence electrons. The number of imidazole rings is 1. The molecular formula is C24H22ClN3O. The predicted molar refractivity (Wildman–Crippen MR) is 118 cm³/mol. The van der Waals surface area contributed by atoms with Gasteiger partial charge in [-0.2, -0.15) is 0 Å². The molecule has 1 N–H and O–H groups in total. The third-order valence-corrected chi connectivity index (χ3v) is 5.08. The third kappa shape index (κ3) is 4.66. The lowest BCUT2D eigenvalue weighted by Gasteiger charge is -2.10. The number of aryl methyl sites for hydroxylation is 2. The Morgan fingerprint density at radius 1 is 1.03 bits per heavy atom. The molecule has 4 nitrogen and oxygen atoms in total. The van der Waals surface area contributed by atoms with E-state index in [4.69, 9.17) is 16.6 Å². The maximum Gasteiger partial charge on any atom is 0.226 e. The quantitative estimate of drug-likeness (QED) is 0.454. The summed E-state index contributed by atoms with van der Waals surface area (Å²) in [5.41, 5.74) is 5.01. The van der Waals surface area contributed by atoms with Crippen LogP contribution in [0.25, 0.3) is 11.0 Å². The Morgan fingerprint density at radius 2 is 1.86 bits per heavy atom. The van der Waals surface area contributed by atoms with Crippen LogP contribution in [0.5, 0.6) is 0 Å². The minimum Gasteiger partial charge on any atom is -0.327 e. The highest BCUT2D eigenvalue weighted by molar-refractivity contribution is 6.30. The first-order valence-electron chi connectivity index (χ1n) is 9.63. The van der Waals surface area contributed by atoms with Gasteiger partial charge in [-0.3, -0.25) is 4.79 Å². The molecule has 4 rings (SSSR count). The number of benzene rings is 3. The van der Waals surface area contributed by atoms with Crippen molar-refractivity contribution in [2.75, 3.05) is 5.32 Å². The minimum atomic E-state index is -0.0120. The van der Waals surface area contributed by atoms with Crippen LogP contribution in [0.1, 0.15) is 23.4 Å². The molecule has 0 bridgehead atoms. The summed E-state index contributed by atoms with van der Waals surface area (Å²) in [5, 5.41) is 3.69.